The summed E-state index contributed by atoms with van der Waals surface area (Å²) < 4.78 is 0. The van der Waals surface area contributed by atoms with Crippen molar-refractivity contribution in [3.8, 4) is 0 Å². The Kier molecular flexibility index (Phi) is 3.76. The van der Waals surface area contributed by atoms with E-state index in [4.69, 9.17) is 17.3 Å². The standard InChI is InChI=1S/C7H11ClN4/c8-6-2-3-7(12-11-6)10-5-1-4-9/h2-3H,1,4-5,9H2,(H,10,12). The van der Waals surface area contributed by atoms with Crippen LogP contribution in [-0.2, 0) is 0 Å². The second-order valence-corrected chi connectivity index (χ2v) is 2.70. The molecule has 0 aliphatic heterocycles. The van der Waals surface area contributed by atoms with Crippen molar-refractivity contribution >= 4 is 17.4 Å². The van der Waals surface area contributed by atoms with Crippen LogP contribution in [0.15, 0.2) is 12.1 Å². The van der Waals surface area contributed by atoms with Crippen LogP contribution in [-0.4, -0.2) is 23.3 Å². The van der Waals surface area contributed by atoms with Gasteiger partial charge in [-0.2, -0.15) is 0 Å². The molecule has 0 aliphatic rings. The van der Waals surface area contributed by atoms with Crippen LogP contribution in [0.1, 0.15) is 6.42 Å². The van der Waals surface area contributed by atoms with Gasteiger partial charge in [0.2, 0.25) is 0 Å². The molecule has 5 heteroatoms. The van der Waals surface area contributed by atoms with E-state index >= 15 is 0 Å². The molecule has 1 heterocycles. The molecule has 1 aromatic heterocycles. The van der Waals surface area contributed by atoms with Crippen LogP contribution in [0.25, 0.3) is 0 Å². The van der Waals surface area contributed by atoms with Gasteiger partial charge >= 0.3 is 0 Å². The van der Waals surface area contributed by atoms with E-state index in [0.29, 0.717) is 11.7 Å². The first-order valence-electron chi connectivity index (χ1n) is 3.76. The number of halogens is 1. The normalized spacial score (nSPS) is 9.83. The van der Waals surface area contributed by atoms with Gasteiger partial charge in [0, 0.05) is 6.54 Å². The van der Waals surface area contributed by atoms with Gasteiger partial charge in [-0.05, 0) is 25.1 Å². The summed E-state index contributed by atoms with van der Waals surface area (Å²) in [5, 5.41) is 11.0. The number of hydrogen-bond acceptors (Lipinski definition) is 4. The van der Waals surface area contributed by atoms with Crippen molar-refractivity contribution in [2.45, 2.75) is 6.42 Å². The van der Waals surface area contributed by atoms with E-state index in [1.54, 1.807) is 12.1 Å². The third-order valence-electron chi connectivity index (χ3n) is 1.32. The molecule has 1 rings (SSSR count). The molecule has 0 unspecified atom stereocenters. The molecular formula is C7H11ClN4. The van der Waals surface area contributed by atoms with E-state index in [0.717, 1.165) is 18.8 Å². The van der Waals surface area contributed by atoms with E-state index in [1.807, 2.05) is 0 Å². The number of rotatable bonds is 4. The zero-order chi connectivity index (χ0) is 8.81. The molecule has 0 spiro atoms. The quantitative estimate of drug-likeness (QED) is 0.686. The van der Waals surface area contributed by atoms with Gasteiger partial charge < -0.3 is 11.1 Å². The topological polar surface area (TPSA) is 63.8 Å². The number of nitrogens with one attached hydrogen (secondary N) is 1. The molecule has 0 bridgehead atoms. The Morgan fingerprint density at radius 3 is 2.83 bits per heavy atom. The predicted molar refractivity (Wildman–Crippen MR) is 49.2 cm³/mol. The zero-order valence-corrected chi connectivity index (χ0v) is 7.38. The highest BCUT2D eigenvalue weighted by Gasteiger charge is 1.92. The maximum Gasteiger partial charge on any atom is 0.151 e. The minimum atomic E-state index is 0.402. The molecule has 66 valence electrons. The summed E-state index contributed by atoms with van der Waals surface area (Å²) >= 11 is 5.55. The maximum absolute atomic E-state index is 5.55. The van der Waals surface area contributed by atoms with E-state index in [9.17, 15) is 0 Å². The van der Waals surface area contributed by atoms with Gasteiger partial charge in [0.1, 0.15) is 5.82 Å². The van der Waals surface area contributed by atoms with Gasteiger partial charge in [-0.1, -0.05) is 11.6 Å². The van der Waals surface area contributed by atoms with Crippen molar-refractivity contribution in [1.82, 2.24) is 10.2 Å². The highest BCUT2D eigenvalue weighted by molar-refractivity contribution is 6.29. The lowest BCUT2D eigenvalue weighted by Crippen LogP contribution is -2.09. The van der Waals surface area contributed by atoms with Crippen LogP contribution in [0.5, 0.6) is 0 Å². The van der Waals surface area contributed by atoms with Gasteiger partial charge in [0.05, 0.1) is 0 Å². The maximum atomic E-state index is 5.55. The molecule has 0 saturated heterocycles. The fourth-order valence-electron chi connectivity index (χ4n) is 0.729. The molecule has 0 aliphatic carbocycles. The van der Waals surface area contributed by atoms with E-state index in [-0.39, 0.29) is 0 Å². The molecule has 0 aromatic carbocycles. The number of nitrogens with two attached hydrogens (primary N) is 1. The average Bonchev–Trinajstić information content (AvgIpc) is 2.09. The molecule has 4 nitrogen and oxygen atoms in total. The van der Waals surface area contributed by atoms with E-state index in [1.165, 1.54) is 0 Å². The van der Waals surface area contributed by atoms with E-state index < -0.39 is 0 Å². The highest BCUT2D eigenvalue weighted by Crippen LogP contribution is 2.05. The van der Waals surface area contributed by atoms with Crippen LogP contribution < -0.4 is 11.1 Å². The first-order chi connectivity index (χ1) is 5.83. The second kappa shape index (κ2) is 4.90. The van der Waals surface area contributed by atoms with Crippen LogP contribution in [0.2, 0.25) is 5.15 Å². The van der Waals surface area contributed by atoms with E-state index in [2.05, 4.69) is 15.5 Å². The predicted octanol–water partition coefficient (Wildman–Crippen LogP) is 0.891. The Morgan fingerprint density at radius 1 is 1.42 bits per heavy atom. The Hall–Kier alpha value is -0.870. The monoisotopic (exact) mass is 186 g/mol. The summed E-state index contributed by atoms with van der Waals surface area (Å²) in [7, 11) is 0. The van der Waals surface area contributed by atoms with Gasteiger partial charge in [0.25, 0.3) is 0 Å². The largest absolute Gasteiger partial charge is 0.369 e. The number of hydrogen-bond donors (Lipinski definition) is 2. The van der Waals surface area contributed by atoms with Crippen molar-refractivity contribution in [3.63, 3.8) is 0 Å². The SMILES string of the molecule is NCCCNc1ccc(Cl)nn1. The molecule has 0 fully saturated rings. The molecule has 0 amide bonds. The fraction of sp³-hybridized carbons (Fsp3) is 0.429. The van der Waals surface area contributed by atoms with Gasteiger partial charge in [-0.15, -0.1) is 10.2 Å². The average molecular weight is 187 g/mol. The van der Waals surface area contributed by atoms with Crippen molar-refractivity contribution < 1.29 is 0 Å². The summed E-state index contributed by atoms with van der Waals surface area (Å²) in [6.45, 7) is 1.49. The van der Waals surface area contributed by atoms with Crippen molar-refractivity contribution in [3.05, 3.63) is 17.3 Å². The minimum Gasteiger partial charge on any atom is -0.369 e. The van der Waals surface area contributed by atoms with Crippen LogP contribution in [0, 0.1) is 0 Å². The smallest absolute Gasteiger partial charge is 0.151 e. The summed E-state index contributed by atoms with van der Waals surface area (Å²) in [6, 6.07) is 3.48. The molecule has 3 N–H and O–H groups in total. The Morgan fingerprint density at radius 2 is 2.25 bits per heavy atom. The molecular weight excluding hydrogens is 176 g/mol. The summed E-state index contributed by atoms with van der Waals surface area (Å²) in [5.41, 5.74) is 5.32. The minimum absolute atomic E-state index is 0.402. The third-order valence-corrected chi connectivity index (χ3v) is 1.52. The van der Waals surface area contributed by atoms with Crippen LogP contribution in [0.3, 0.4) is 0 Å². The summed E-state index contributed by atoms with van der Waals surface area (Å²) in [5.74, 6) is 0.729. The fourth-order valence-corrected chi connectivity index (χ4v) is 0.830. The first kappa shape index (κ1) is 9.22. The Balaban J connectivity index is 2.37. The Bertz CT molecular complexity index is 223. The number of nitrogens with zero attached hydrogens (tertiary/aromatic N) is 2. The number of anilines is 1. The van der Waals surface area contributed by atoms with Gasteiger partial charge in [-0.25, -0.2) is 0 Å². The van der Waals surface area contributed by atoms with Gasteiger partial charge in [0.15, 0.2) is 5.15 Å². The molecule has 1 aromatic rings. The van der Waals surface area contributed by atoms with Crippen LogP contribution in [0.4, 0.5) is 5.82 Å². The molecule has 0 saturated carbocycles. The lowest BCUT2D eigenvalue weighted by molar-refractivity contribution is 0.864. The van der Waals surface area contributed by atoms with Crippen molar-refractivity contribution in [2.75, 3.05) is 18.4 Å². The van der Waals surface area contributed by atoms with Crippen molar-refractivity contribution in [2.24, 2.45) is 5.73 Å². The lowest BCUT2D eigenvalue weighted by atomic mass is 10.4. The molecule has 12 heavy (non-hydrogen) atoms. The zero-order valence-electron chi connectivity index (χ0n) is 6.63. The molecule has 0 radical (unpaired) electrons. The third kappa shape index (κ3) is 3.02. The van der Waals surface area contributed by atoms with Gasteiger partial charge in [-0.3, -0.25) is 0 Å². The lowest BCUT2D eigenvalue weighted by Gasteiger charge is -2.01. The Labute approximate surface area is 76.1 Å². The number of aromatic nitrogens is 2. The summed E-state index contributed by atoms with van der Waals surface area (Å²) in [4.78, 5) is 0. The highest BCUT2D eigenvalue weighted by atomic mass is 35.5. The van der Waals surface area contributed by atoms with Crippen molar-refractivity contribution in [1.29, 1.82) is 0 Å². The van der Waals surface area contributed by atoms with Crippen LogP contribution >= 0.6 is 11.6 Å². The first-order valence-corrected chi connectivity index (χ1v) is 4.14. The summed E-state index contributed by atoms with van der Waals surface area (Å²) in [6.07, 6.45) is 0.921. The second-order valence-electron chi connectivity index (χ2n) is 2.31. The molecule has 0 atom stereocenters.